The Morgan fingerprint density at radius 1 is 1.04 bits per heavy atom. The summed E-state index contributed by atoms with van der Waals surface area (Å²) in [7, 11) is 0. The van der Waals surface area contributed by atoms with Crippen molar-refractivity contribution in [3.05, 3.63) is 66.4 Å². The molecule has 24 heavy (non-hydrogen) atoms. The zero-order valence-corrected chi connectivity index (χ0v) is 13.6. The maximum Gasteiger partial charge on any atom is 0.113 e. The smallest absolute Gasteiger partial charge is 0.113 e. The molecule has 0 radical (unpaired) electrons. The number of pyridine rings is 1. The number of aromatic nitrogens is 4. The van der Waals surface area contributed by atoms with Crippen LogP contribution in [-0.2, 0) is 6.54 Å². The summed E-state index contributed by atoms with van der Waals surface area (Å²) in [5, 5.41) is 13.1. The van der Waals surface area contributed by atoms with Crippen molar-refractivity contribution in [1.29, 1.82) is 0 Å². The predicted molar refractivity (Wildman–Crippen MR) is 95.7 cm³/mol. The van der Waals surface area contributed by atoms with Crippen LogP contribution in [0, 0.1) is 0 Å². The molecule has 1 N–H and O–H groups in total. The van der Waals surface area contributed by atoms with Gasteiger partial charge in [-0.2, -0.15) is 0 Å². The minimum Gasteiger partial charge on any atom is -0.308 e. The Morgan fingerprint density at radius 2 is 1.83 bits per heavy atom. The molecule has 120 valence electrons. The Morgan fingerprint density at radius 3 is 2.75 bits per heavy atom. The molecule has 0 aliphatic heterocycles. The number of benzene rings is 2. The van der Waals surface area contributed by atoms with E-state index < -0.39 is 0 Å². The van der Waals surface area contributed by atoms with Gasteiger partial charge in [0.2, 0.25) is 0 Å². The van der Waals surface area contributed by atoms with Gasteiger partial charge >= 0.3 is 0 Å². The first-order chi connectivity index (χ1) is 11.8. The van der Waals surface area contributed by atoms with Crippen LogP contribution in [0.2, 0.25) is 0 Å². The van der Waals surface area contributed by atoms with Gasteiger partial charge < -0.3 is 5.32 Å². The van der Waals surface area contributed by atoms with Gasteiger partial charge in [-0.15, -0.1) is 5.10 Å². The van der Waals surface area contributed by atoms with Gasteiger partial charge in [0.25, 0.3) is 0 Å². The lowest BCUT2D eigenvalue weighted by Crippen LogP contribution is -2.23. The molecule has 0 aliphatic rings. The molecular formula is C19H19N5. The maximum atomic E-state index is 4.53. The summed E-state index contributed by atoms with van der Waals surface area (Å²) in [4.78, 5) is 4.53. The van der Waals surface area contributed by atoms with Crippen molar-refractivity contribution in [3.8, 4) is 0 Å². The van der Waals surface area contributed by atoms with Gasteiger partial charge in [-0.25, -0.2) is 4.68 Å². The zero-order valence-electron chi connectivity index (χ0n) is 13.6. The molecule has 0 amide bonds. The first-order valence-corrected chi connectivity index (χ1v) is 8.17. The van der Waals surface area contributed by atoms with E-state index in [-0.39, 0.29) is 6.04 Å². The summed E-state index contributed by atoms with van der Waals surface area (Å²) < 4.78 is 1.94. The molecule has 0 saturated carbocycles. The molecule has 0 bridgehead atoms. The molecule has 5 heteroatoms. The summed E-state index contributed by atoms with van der Waals surface area (Å²) in [5.41, 5.74) is 4.23. The van der Waals surface area contributed by atoms with E-state index in [2.05, 4.69) is 39.7 Å². The molecule has 1 atom stereocenters. The number of hydrogen-bond acceptors (Lipinski definition) is 4. The van der Waals surface area contributed by atoms with E-state index in [9.17, 15) is 0 Å². The highest BCUT2D eigenvalue weighted by Crippen LogP contribution is 2.18. The number of hydrogen-bond donors (Lipinski definition) is 1. The van der Waals surface area contributed by atoms with Crippen LogP contribution in [0.4, 0.5) is 0 Å². The molecular weight excluding hydrogens is 298 g/mol. The van der Waals surface area contributed by atoms with E-state index in [0.717, 1.165) is 29.6 Å². The van der Waals surface area contributed by atoms with Gasteiger partial charge in [0.05, 0.1) is 17.6 Å². The lowest BCUT2D eigenvalue weighted by Gasteiger charge is -2.14. The average molecular weight is 317 g/mol. The highest BCUT2D eigenvalue weighted by Gasteiger charge is 2.07. The quantitative estimate of drug-likeness (QED) is 0.613. The summed E-state index contributed by atoms with van der Waals surface area (Å²) in [6, 6.07) is 18.6. The van der Waals surface area contributed by atoms with Gasteiger partial charge in [-0.05, 0) is 36.8 Å². The Labute approximate surface area is 140 Å². The van der Waals surface area contributed by atoms with Crippen LogP contribution in [0.3, 0.4) is 0 Å². The third kappa shape index (κ3) is 2.86. The van der Waals surface area contributed by atoms with E-state index in [1.165, 1.54) is 10.9 Å². The molecule has 2 aromatic carbocycles. The van der Waals surface area contributed by atoms with E-state index in [4.69, 9.17) is 0 Å². The van der Waals surface area contributed by atoms with E-state index >= 15 is 0 Å². The Kier molecular flexibility index (Phi) is 3.92. The van der Waals surface area contributed by atoms with Crippen molar-refractivity contribution in [3.63, 3.8) is 0 Å². The normalized spacial score (nSPS) is 12.7. The number of fused-ring (bicyclic) bond motifs is 2. The lowest BCUT2D eigenvalue weighted by molar-refractivity contribution is 0.506. The fraction of sp³-hybridized carbons (Fsp3) is 0.211. The molecule has 1 unspecified atom stereocenters. The molecule has 0 spiro atoms. The maximum absolute atomic E-state index is 4.53. The minimum absolute atomic E-state index is 0.233. The predicted octanol–water partition coefficient (Wildman–Crippen LogP) is 3.33. The van der Waals surface area contributed by atoms with Crippen LogP contribution < -0.4 is 5.32 Å². The zero-order chi connectivity index (χ0) is 16.4. The van der Waals surface area contributed by atoms with Crippen molar-refractivity contribution >= 4 is 21.9 Å². The average Bonchev–Trinajstić information content (AvgIpc) is 3.04. The molecule has 4 aromatic rings. The van der Waals surface area contributed by atoms with Crippen LogP contribution in [0.25, 0.3) is 21.9 Å². The number of para-hydroxylation sites is 2. The van der Waals surface area contributed by atoms with Gasteiger partial charge in [0, 0.05) is 24.2 Å². The van der Waals surface area contributed by atoms with Crippen molar-refractivity contribution in [1.82, 2.24) is 25.3 Å². The molecule has 0 fully saturated rings. The van der Waals surface area contributed by atoms with Crippen LogP contribution >= 0.6 is 0 Å². The molecule has 4 rings (SSSR count). The summed E-state index contributed by atoms with van der Waals surface area (Å²) in [5.74, 6) is 0. The monoisotopic (exact) mass is 317 g/mol. The molecule has 0 saturated heterocycles. The van der Waals surface area contributed by atoms with Crippen LogP contribution in [0.15, 0.2) is 60.8 Å². The van der Waals surface area contributed by atoms with Gasteiger partial charge in [-0.3, -0.25) is 4.98 Å². The minimum atomic E-state index is 0.233. The van der Waals surface area contributed by atoms with E-state index in [1.807, 2.05) is 53.3 Å². The fourth-order valence-corrected chi connectivity index (χ4v) is 2.91. The van der Waals surface area contributed by atoms with Crippen molar-refractivity contribution in [2.24, 2.45) is 0 Å². The number of nitrogens with zero attached hydrogens (tertiary/aromatic N) is 4. The van der Waals surface area contributed by atoms with Gasteiger partial charge in [0.1, 0.15) is 5.52 Å². The largest absolute Gasteiger partial charge is 0.308 e. The number of nitrogens with one attached hydrogen (secondary N) is 1. The third-order valence-electron chi connectivity index (χ3n) is 4.31. The Hall–Kier alpha value is -2.79. The van der Waals surface area contributed by atoms with E-state index in [0.29, 0.717) is 0 Å². The highest BCUT2D eigenvalue weighted by molar-refractivity contribution is 5.78. The Bertz CT molecular complexity index is 976. The molecule has 5 nitrogen and oxygen atoms in total. The highest BCUT2D eigenvalue weighted by atomic mass is 15.4. The first kappa shape index (κ1) is 14.8. The van der Waals surface area contributed by atoms with Crippen molar-refractivity contribution in [2.45, 2.75) is 19.5 Å². The second kappa shape index (κ2) is 6.37. The second-order valence-corrected chi connectivity index (χ2v) is 5.94. The van der Waals surface area contributed by atoms with Gasteiger partial charge in [0.15, 0.2) is 0 Å². The van der Waals surface area contributed by atoms with Crippen molar-refractivity contribution in [2.75, 3.05) is 6.54 Å². The summed E-state index contributed by atoms with van der Waals surface area (Å²) in [6.07, 6.45) is 1.95. The fourth-order valence-electron chi connectivity index (χ4n) is 2.91. The van der Waals surface area contributed by atoms with E-state index in [1.54, 1.807) is 0 Å². The summed E-state index contributed by atoms with van der Waals surface area (Å²) in [6.45, 7) is 3.76. The van der Waals surface area contributed by atoms with Crippen LogP contribution in [0.5, 0.6) is 0 Å². The SMILES string of the molecule is CC(NCCn1nnc2ccccc21)c1cnc2ccccc2c1. The van der Waals surface area contributed by atoms with Crippen LogP contribution in [0.1, 0.15) is 18.5 Å². The molecule has 2 heterocycles. The van der Waals surface area contributed by atoms with Gasteiger partial charge in [-0.1, -0.05) is 35.5 Å². The standard InChI is InChI=1S/C19H19N5/c1-14(16-12-15-6-2-3-7-17(15)21-13-16)20-10-11-24-19-9-5-4-8-18(19)22-23-24/h2-9,12-14,20H,10-11H2,1H3. The topological polar surface area (TPSA) is 55.6 Å². The van der Waals surface area contributed by atoms with Crippen LogP contribution in [-0.4, -0.2) is 26.5 Å². The lowest BCUT2D eigenvalue weighted by atomic mass is 10.1. The first-order valence-electron chi connectivity index (χ1n) is 8.17. The molecule has 0 aliphatic carbocycles. The number of rotatable bonds is 5. The summed E-state index contributed by atoms with van der Waals surface area (Å²) >= 11 is 0. The Balaban J connectivity index is 1.43. The second-order valence-electron chi connectivity index (χ2n) is 5.94. The molecule has 2 aromatic heterocycles. The third-order valence-corrected chi connectivity index (χ3v) is 4.31. The van der Waals surface area contributed by atoms with Crippen molar-refractivity contribution < 1.29 is 0 Å².